The van der Waals surface area contributed by atoms with Crippen molar-refractivity contribution in [2.24, 2.45) is 5.41 Å². The number of halogens is 7. The molecule has 17 heteroatoms. The molecule has 0 radical (unpaired) electrons. The van der Waals surface area contributed by atoms with Gasteiger partial charge in [-0.1, -0.05) is 6.07 Å². The van der Waals surface area contributed by atoms with Gasteiger partial charge in [0.2, 0.25) is 5.54 Å². The fraction of sp³-hybridized carbons (Fsp3) is 0.500. The summed E-state index contributed by atoms with van der Waals surface area (Å²) in [5, 5.41) is 22.4. The van der Waals surface area contributed by atoms with Crippen molar-refractivity contribution in [1.82, 2.24) is 9.80 Å². The first-order valence-electron chi connectivity index (χ1n) is 14.0. The average molecular weight is 680 g/mol. The second-order valence-electron chi connectivity index (χ2n) is 11.8. The van der Waals surface area contributed by atoms with E-state index in [2.05, 4.69) is 0 Å². The smallest absolute Gasteiger partial charge is 0.416 e. The van der Waals surface area contributed by atoms with Gasteiger partial charge < -0.3 is 19.6 Å². The van der Waals surface area contributed by atoms with Gasteiger partial charge in [0.15, 0.2) is 0 Å². The largest absolute Gasteiger partial charge is 0.481 e. The molecule has 258 valence electrons. The lowest BCUT2D eigenvalue weighted by Gasteiger charge is -2.48. The normalized spacial score (nSPS) is 20.6. The van der Waals surface area contributed by atoms with E-state index in [1.54, 1.807) is 0 Å². The molecule has 1 aliphatic rings. The zero-order chi connectivity index (χ0) is 35.9. The molecule has 0 aliphatic carbocycles. The van der Waals surface area contributed by atoms with Gasteiger partial charge in [-0.25, -0.2) is 9.18 Å². The van der Waals surface area contributed by atoms with Gasteiger partial charge in [0.25, 0.3) is 0 Å². The molecule has 0 aromatic heterocycles. The highest BCUT2D eigenvalue weighted by molar-refractivity contribution is 5.84. The summed E-state index contributed by atoms with van der Waals surface area (Å²) in [6.45, 7) is 3.18. The number of hydrogen-bond acceptors (Lipinski definition) is 6. The number of methoxy groups -OCH3 is 1. The number of nitro groups is 1. The number of amides is 2. The minimum absolute atomic E-state index is 0.0529. The number of hydrogen-bond donors (Lipinski definition) is 1. The lowest BCUT2D eigenvalue weighted by atomic mass is 9.62. The molecule has 1 unspecified atom stereocenters. The standard InChI is InChI=1S/C30H32F7N3O7/c1-16-10-21(31)6-7-22(16)23-14-28(40(45)46,27(3,15-24(41)42)25(43)47-5)8-9-39(23)26(44)38(4)17(2)18-11-19(29(32,33)34)13-20(12-18)30(35,36)37/h6-7,10-13,17,23H,8-9,14-15H2,1-5H3,(H,41,42)/t17-,23-,27?,28-/m1/s1. The fourth-order valence-electron chi connectivity index (χ4n) is 6.15. The summed E-state index contributed by atoms with van der Waals surface area (Å²) in [5.41, 5.74) is -7.93. The number of aryl methyl sites for hydroxylation is 1. The summed E-state index contributed by atoms with van der Waals surface area (Å²) >= 11 is 0. The number of urea groups is 1. The number of alkyl halides is 6. The van der Waals surface area contributed by atoms with Gasteiger partial charge >= 0.3 is 30.3 Å². The Morgan fingerprint density at radius 2 is 1.66 bits per heavy atom. The second-order valence-corrected chi connectivity index (χ2v) is 11.8. The first-order valence-corrected chi connectivity index (χ1v) is 14.0. The highest BCUT2D eigenvalue weighted by atomic mass is 19.4. The number of carbonyl (C=O) groups is 3. The lowest BCUT2D eigenvalue weighted by Crippen LogP contribution is -2.64. The van der Waals surface area contributed by atoms with Crippen LogP contribution in [0.4, 0.5) is 35.5 Å². The summed E-state index contributed by atoms with van der Waals surface area (Å²) in [6.07, 6.45) is -12.6. The van der Waals surface area contributed by atoms with Gasteiger partial charge in [-0.3, -0.25) is 19.7 Å². The molecule has 1 aliphatic heterocycles. The van der Waals surface area contributed by atoms with Crippen LogP contribution in [0, 0.1) is 28.3 Å². The topological polar surface area (TPSA) is 130 Å². The number of esters is 1. The van der Waals surface area contributed by atoms with Crippen molar-refractivity contribution in [2.75, 3.05) is 20.7 Å². The number of rotatable bonds is 8. The third kappa shape index (κ3) is 7.12. The van der Waals surface area contributed by atoms with E-state index in [1.165, 1.54) is 19.9 Å². The number of ether oxygens (including phenoxy) is 1. The number of benzene rings is 2. The number of likely N-dealkylation sites (tertiary alicyclic amines) is 1. The van der Waals surface area contributed by atoms with Crippen molar-refractivity contribution in [3.8, 4) is 0 Å². The van der Waals surface area contributed by atoms with Crippen LogP contribution in [-0.4, -0.2) is 64.0 Å². The maximum atomic E-state index is 14.1. The van der Waals surface area contributed by atoms with E-state index in [1.807, 2.05) is 0 Å². The van der Waals surface area contributed by atoms with Crippen LogP contribution >= 0.6 is 0 Å². The SMILES string of the molecule is COC(=O)C(C)(CC(=O)O)[C@@]1([N+](=O)[O-])CCN(C(=O)N(C)[C@H](C)c2cc(C(F)(F)F)cc(C(F)(F)F)c2)[C@@H](c2ccc(F)cc2C)C1. The van der Waals surface area contributed by atoms with Crippen LogP contribution in [-0.2, 0) is 26.7 Å². The Hall–Kier alpha value is -4.44. The minimum atomic E-state index is -5.15. The molecule has 2 aromatic rings. The maximum Gasteiger partial charge on any atom is 0.416 e. The van der Waals surface area contributed by atoms with E-state index in [4.69, 9.17) is 4.74 Å². The Morgan fingerprint density at radius 1 is 1.11 bits per heavy atom. The van der Waals surface area contributed by atoms with Crippen LogP contribution in [0.25, 0.3) is 0 Å². The summed E-state index contributed by atoms with van der Waals surface area (Å²) in [7, 11) is 2.04. The Bertz CT molecular complexity index is 1530. The molecule has 1 N–H and O–H groups in total. The summed E-state index contributed by atoms with van der Waals surface area (Å²) in [6, 6.07) is 0.541. The number of carbonyl (C=O) groups excluding carboxylic acids is 2. The van der Waals surface area contributed by atoms with E-state index >= 15 is 0 Å². The Morgan fingerprint density at radius 3 is 2.11 bits per heavy atom. The van der Waals surface area contributed by atoms with E-state index in [-0.39, 0.29) is 17.2 Å². The molecular weight excluding hydrogens is 647 g/mol. The maximum absolute atomic E-state index is 14.1. The van der Waals surface area contributed by atoms with Crippen LogP contribution in [0.5, 0.6) is 0 Å². The zero-order valence-electron chi connectivity index (χ0n) is 25.8. The molecule has 47 heavy (non-hydrogen) atoms. The number of carboxylic acid groups (broad SMARTS) is 1. The Balaban J connectivity index is 2.17. The fourth-order valence-corrected chi connectivity index (χ4v) is 6.15. The molecule has 2 amide bonds. The van der Waals surface area contributed by atoms with Crippen molar-refractivity contribution in [1.29, 1.82) is 0 Å². The third-order valence-electron chi connectivity index (χ3n) is 9.00. The van der Waals surface area contributed by atoms with Crippen molar-refractivity contribution < 1.29 is 59.9 Å². The Kier molecular flexibility index (Phi) is 10.2. The van der Waals surface area contributed by atoms with Gasteiger partial charge in [-0.2, -0.15) is 26.3 Å². The van der Waals surface area contributed by atoms with Crippen molar-refractivity contribution in [2.45, 2.75) is 70.0 Å². The van der Waals surface area contributed by atoms with Gasteiger partial charge in [0, 0.05) is 31.4 Å². The van der Waals surface area contributed by atoms with Gasteiger partial charge in [-0.15, -0.1) is 0 Å². The van der Waals surface area contributed by atoms with Crippen molar-refractivity contribution in [3.05, 3.63) is 80.1 Å². The highest BCUT2D eigenvalue weighted by Gasteiger charge is 2.67. The molecule has 1 saturated heterocycles. The molecule has 2 aromatic carbocycles. The molecule has 0 spiro atoms. The monoisotopic (exact) mass is 679 g/mol. The lowest BCUT2D eigenvalue weighted by molar-refractivity contribution is -0.594. The molecular formula is C30H32F7N3O7. The minimum Gasteiger partial charge on any atom is -0.481 e. The zero-order valence-corrected chi connectivity index (χ0v) is 25.8. The van der Waals surface area contributed by atoms with E-state index in [9.17, 15) is 60.3 Å². The molecule has 3 rings (SSSR count). The number of nitrogens with zero attached hydrogens (tertiary/aromatic N) is 3. The first kappa shape index (κ1) is 37.0. The van der Waals surface area contributed by atoms with Gasteiger partial charge in [0.1, 0.15) is 11.2 Å². The molecule has 4 atom stereocenters. The molecule has 1 heterocycles. The summed E-state index contributed by atoms with van der Waals surface area (Å²) in [5.74, 6) is -3.46. The number of carboxylic acids is 1. The van der Waals surface area contributed by atoms with Gasteiger partial charge in [-0.05, 0) is 67.8 Å². The molecule has 1 fully saturated rings. The van der Waals surface area contributed by atoms with Crippen LogP contribution in [0.1, 0.15) is 73.0 Å². The average Bonchev–Trinajstić information content (AvgIpc) is 2.97. The van der Waals surface area contributed by atoms with Crippen molar-refractivity contribution >= 4 is 18.0 Å². The van der Waals surface area contributed by atoms with Crippen LogP contribution < -0.4 is 0 Å². The van der Waals surface area contributed by atoms with E-state index in [0.717, 1.165) is 43.0 Å². The molecule has 0 bridgehead atoms. The second kappa shape index (κ2) is 13.0. The predicted octanol–water partition coefficient (Wildman–Crippen LogP) is 6.79. The van der Waals surface area contributed by atoms with Crippen LogP contribution in [0.3, 0.4) is 0 Å². The first-order chi connectivity index (χ1) is 21.5. The summed E-state index contributed by atoms with van der Waals surface area (Å²) < 4.78 is 100. The summed E-state index contributed by atoms with van der Waals surface area (Å²) in [4.78, 5) is 52.8. The van der Waals surface area contributed by atoms with E-state index in [0.29, 0.717) is 12.1 Å². The Labute approximate surface area is 264 Å². The van der Waals surface area contributed by atoms with Gasteiger partial charge in [0.05, 0.1) is 36.7 Å². The number of piperidine rings is 1. The highest BCUT2D eigenvalue weighted by Crippen LogP contribution is 2.51. The third-order valence-corrected chi connectivity index (χ3v) is 9.00. The quantitative estimate of drug-likeness (QED) is 0.141. The number of aliphatic carboxylic acids is 1. The predicted molar refractivity (Wildman–Crippen MR) is 150 cm³/mol. The van der Waals surface area contributed by atoms with E-state index < -0.39 is 107 Å². The molecule has 0 saturated carbocycles. The van der Waals surface area contributed by atoms with Crippen LogP contribution in [0.15, 0.2) is 36.4 Å². The van der Waals surface area contributed by atoms with Crippen LogP contribution in [0.2, 0.25) is 0 Å². The molecule has 10 nitrogen and oxygen atoms in total. The van der Waals surface area contributed by atoms with Crippen molar-refractivity contribution in [3.63, 3.8) is 0 Å².